The van der Waals surface area contributed by atoms with Crippen LogP contribution in [-0.4, -0.2) is 27.7 Å². The molecule has 0 bridgehead atoms. The summed E-state index contributed by atoms with van der Waals surface area (Å²) in [5, 5.41) is 0. The minimum Gasteiger partial charge on any atom is -0.302 e. The Bertz CT molecular complexity index is 1470. The summed E-state index contributed by atoms with van der Waals surface area (Å²) in [5.74, 6) is -0.544. The fourth-order valence-corrected chi connectivity index (χ4v) is 8.89. The van der Waals surface area contributed by atoms with Gasteiger partial charge in [-0.2, -0.15) is 0 Å². The molecule has 4 aromatic rings. The molecule has 0 N–H and O–H groups in total. The second kappa shape index (κ2) is 10.2. The van der Waals surface area contributed by atoms with Gasteiger partial charge in [0, 0.05) is 0 Å². The zero-order valence-corrected chi connectivity index (χ0v) is 20.7. The number of carbonyl (C=O) groups excluding carboxylic acids is 1. The fourth-order valence-electron chi connectivity index (χ4n) is 4.24. The van der Waals surface area contributed by atoms with Gasteiger partial charge in [-0.1, -0.05) is 78.9 Å². The van der Waals surface area contributed by atoms with Gasteiger partial charge in [0.25, 0.3) is 0 Å². The van der Waals surface area contributed by atoms with Crippen molar-refractivity contribution in [2.75, 3.05) is 0 Å². The van der Waals surface area contributed by atoms with Crippen molar-refractivity contribution in [1.29, 1.82) is 0 Å². The van der Waals surface area contributed by atoms with Crippen LogP contribution in [-0.2, 0) is 29.9 Å². The number of aldehydes is 1. The summed E-state index contributed by atoms with van der Waals surface area (Å²) < 4.78 is 67.4. The molecule has 4 aromatic carbocycles. The van der Waals surface area contributed by atoms with Gasteiger partial charge in [-0.3, -0.25) is 0 Å². The quantitative estimate of drug-likeness (QED) is 0.290. The lowest BCUT2D eigenvalue weighted by molar-refractivity contribution is -0.111. The molecule has 0 amide bonds. The molecular formula is C28H23FO5S2. The first-order valence-corrected chi connectivity index (χ1v) is 14.2. The van der Waals surface area contributed by atoms with E-state index in [0.717, 1.165) is 12.1 Å². The second-order valence-corrected chi connectivity index (χ2v) is 12.9. The Kier molecular flexibility index (Phi) is 7.19. The average molecular weight is 523 g/mol. The lowest BCUT2D eigenvalue weighted by atomic mass is 9.73. The van der Waals surface area contributed by atoms with Crippen LogP contribution < -0.4 is 0 Å². The molecule has 184 valence electrons. The highest BCUT2D eigenvalue weighted by atomic mass is 32.3. The zero-order valence-electron chi connectivity index (χ0n) is 19.1. The number of hydrogen-bond donors (Lipinski definition) is 0. The standard InChI is InChI=1S/C28H23FO5S2/c29-24-18-16-23(17-19-24)28(21-30,22-10-4-1-5-11-22)20-27(35(31,32)25-12-6-2-7-13-25)36(33,34)26-14-8-3-9-15-26/h1-19,21,27H,20H2/t28-/m1/s1. The third kappa shape index (κ3) is 4.74. The third-order valence-corrected chi connectivity index (χ3v) is 11.3. The smallest absolute Gasteiger partial charge is 0.196 e. The number of rotatable bonds is 9. The summed E-state index contributed by atoms with van der Waals surface area (Å²) in [6.45, 7) is 0. The van der Waals surface area contributed by atoms with E-state index in [1.807, 2.05) is 0 Å². The minimum atomic E-state index is -4.50. The molecule has 0 aliphatic carbocycles. The molecule has 0 saturated carbocycles. The van der Waals surface area contributed by atoms with Gasteiger partial charge < -0.3 is 4.79 Å². The second-order valence-electron chi connectivity index (χ2n) is 8.31. The lowest BCUT2D eigenvalue weighted by Gasteiger charge is -2.33. The van der Waals surface area contributed by atoms with E-state index >= 15 is 0 Å². The van der Waals surface area contributed by atoms with Gasteiger partial charge in [-0.25, -0.2) is 21.2 Å². The van der Waals surface area contributed by atoms with Crippen LogP contribution in [0.4, 0.5) is 4.39 Å². The fraction of sp³-hybridized carbons (Fsp3) is 0.107. The molecule has 0 saturated heterocycles. The van der Waals surface area contributed by atoms with Crippen molar-refractivity contribution in [3.8, 4) is 0 Å². The van der Waals surface area contributed by atoms with Crippen molar-refractivity contribution in [3.05, 3.63) is 132 Å². The molecule has 8 heteroatoms. The molecule has 0 spiro atoms. The van der Waals surface area contributed by atoms with Crippen molar-refractivity contribution < 1.29 is 26.0 Å². The Morgan fingerprint density at radius 2 is 1.00 bits per heavy atom. The van der Waals surface area contributed by atoms with Crippen LogP contribution in [0.15, 0.2) is 125 Å². The first-order chi connectivity index (χ1) is 17.2. The first kappa shape index (κ1) is 25.5. The SMILES string of the molecule is O=C[C@](CC(S(=O)(=O)c1ccccc1)S(=O)(=O)c1ccccc1)(c1ccccc1)c1ccc(F)cc1. The summed E-state index contributed by atoms with van der Waals surface area (Å²) in [5.41, 5.74) is -1.02. The Labute approximate surface area is 210 Å². The van der Waals surface area contributed by atoms with Gasteiger partial charge in [-0.05, 0) is 53.9 Å². The predicted molar refractivity (Wildman–Crippen MR) is 135 cm³/mol. The Hall–Kier alpha value is -3.62. The highest BCUT2D eigenvalue weighted by Crippen LogP contribution is 2.40. The summed E-state index contributed by atoms with van der Waals surface area (Å²) in [6, 6.07) is 27.9. The Balaban J connectivity index is 2.00. The maximum absolute atomic E-state index is 13.9. The van der Waals surface area contributed by atoms with E-state index in [0.29, 0.717) is 11.8 Å². The number of carbonyl (C=O) groups is 1. The molecule has 0 heterocycles. The Morgan fingerprint density at radius 1 is 0.611 bits per heavy atom. The topological polar surface area (TPSA) is 85.3 Å². The molecule has 0 radical (unpaired) electrons. The van der Waals surface area contributed by atoms with Crippen LogP contribution in [0.3, 0.4) is 0 Å². The van der Waals surface area contributed by atoms with E-state index in [4.69, 9.17) is 0 Å². The molecule has 0 aliphatic heterocycles. The average Bonchev–Trinajstić information content (AvgIpc) is 2.91. The Morgan fingerprint density at radius 3 is 1.42 bits per heavy atom. The highest BCUT2D eigenvalue weighted by Gasteiger charge is 2.47. The van der Waals surface area contributed by atoms with Crippen molar-refractivity contribution in [3.63, 3.8) is 0 Å². The van der Waals surface area contributed by atoms with Crippen LogP contribution in [0.5, 0.6) is 0 Å². The van der Waals surface area contributed by atoms with Gasteiger partial charge in [0.1, 0.15) is 12.1 Å². The van der Waals surface area contributed by atoms with Crippen molar-refractivity contribution in [2.24, 2.45) is 0 Å². The molecule has 0 aliphatic rings. The minimum absolute atomic E-state index is 0.179. The number of benzene rings is 4. The van der Waals surface area contributed by atoms with Crippen molar-refractivity contribution >= 4 is 26.0 Å². The van der Waals surface area contributed by atoms with E-state index in [2.05, 4.69) is 0 Å². The van der Waals surface area contributed by atoms with Crippen molar-refractivity contribution in [1.82, 2.24) is 0 Å². The van der Waals surface area contributed by atoms with E-state index in [9.17, 15) is 26.0 Å². The molecule has 36 heavy (non-hydrogen) atoms. The largest absolute Gasteiger partial charge is 0.302 e. The summed E-state index contributed by atoms with van der Waals surface area (Å²) in [4.78, 5) is 12.5. The van der Waals surface area contributed by atoms with Crippen LogP contribution in [0.1, 0.15) is 17.5 Å². The maximum atomic E-state index is 13.9. The zero-order chi connectivity index (χ0) is 25.8. The number of sulfone groups is 2. The normalized spacial score (nSPS) is 13.7. The molecule has 5 nitrogen and oxygen atoms in total. The van der Waals surface area contributed by atoms with E-state index < -0.39 is 41.9 Å². The first-order valence-electron chi connectivity index (χ1n) is 11.1. The van der Waals surface area contributed by atoms with Gasteiger partial charge in [-0.15, -0.1) is 0 Å². The molecule has 4 rings (SSSR count). The number of hydrogen-bond acceptors (Lipinski definition) is 5. The molecule has 0 aromatic heterocycles. The van der Waals surface area contributed by atoms with Gasteiger partial charge in [0.2, 0.25) is 0 Å². The van der Waals surface area contributed by atoms with E-state index in [1.165, 1.54) is 60.7 Å². The summed E-state index contributed by atoms with van der Waals surface area (Å²) >= 11 is 0. The molecule has 0 unspecified atom stereocenters. The molecular weight excluding hydrogens is 499 g/mol. The van der Waals surface area contributed by atoms with E-state index in [-0.39, 0.29) is 15.4 Å². The maximum Gasteiger partial charge on any atom is 0.196 e. The van der Waals surface area contributed by atoms with Gasteiger partial charge in [0.15, 0.2) is 24.3 Å². The monoisotopic (exact) mass is 522 g/mol. The van der Waals surface area contributed by atoms with Crippen LogP contribution >= 0.6 is 0 Å². The third-order valence-electron chi connectivity index (χ3n) is 6.17. The summed E-state index contributed by atoms with van der Waals surface area (Å²) in [6.07, 6.45) is -0.0653. The van der Waals surface area contributed by atoms with Gasteiger partial charge in [0.05, 0.1) is 15.2 Å². The van der Waals surface area contributed by atoms with Crippen LogP contribution in [0.2, 0.25) is 0 Å². The van der Waals surface area contributed by atoms with Crippen molar-refractivity contribution in [2.45, 2.75) is 26.2 Å². The molecule has 1 atom stereocenters. The molecule has 0 fully saturated rings. The summed E-state index contributed by atoms with van der Waals surface area (Å²) in [7, 11) is -8.99. The van der Waals surface area contributed by atoms with Crippen LogP contribution in [0, 0.1) is 5.82 Å². The lowest BCUT2D eigenvalue weighted by Crippen LogP contribution is -2.41. The van der Waals surface area contributed by atoms with E-state index in [1.54, 1.807) is 42.5 Å². The number of halogens is 1. The van der Waals surface area contributed by atoms with Gasteiger partial charge >= 0.3 is 0 Å². The van der Waals surface area contributed by atoms with Crippen LogP contribution in [0.25, 0.3) is 0 Å². The predicted octanol–water partition coefficient (Wildman–Crippen LogP) is 4.97. The highest BCUT2D eigenvalue weighted by molar-refractivity contribution is 8.09.